The van der Waals surface area contributed by atoms with E-state index < -0.39 is 0 Å². The van der Waals surface area contributed by atoms with Crippen molar-refractivity contribution in [2.45, 2.75) is 32.6 Å². The zero-order valence-electron chi connectivity index (χ0n) is 15.0. The summed E-state index contributed by atoms with van der Waals surface area (Å²) < 4.78 is 5.75. The molecule has 0 bridgehead atoms. The van der Waals surface area contributed by atoms with Gasteiger partial charge in [-0.05, 0) is 38.8 Å². The largest absolute Gasteiger partial charge is 0.441 e. The fourth-order valence-corrected chi connectivity index (χ4v) is 2.94. The molecule has 1 saturated heterocycles. The van der Waals surface area contributed by atoms with Gasteiger partial charge in [-0.2, -0.15) is 0 Å². The molecule has 7 heteroatoms. The first-order chi connectivity index (χ1) is 11.7. The summed E-state index contributed by atoms with van der Waals surface area (Å²) in [5, 5.41) is 6.38. The minimum absolute atomic E-state index is 0. The average molecular weight is 400 g/mol. The molecule has 0 aliphatic carbocycles. The van der Waals surface area contributed by atoms with Gasteiger partial charge < -0.3 is 15.1 Å². The van der Waals surface area contributed by atoms with E-state index in [-0.39, 0.29) is 30.7 Å². The van der Waals surface area contributed by atoms with Gasteiger partial charge in [-0.15, -0.1) is 24.8 Å². The van der Waals surface area contributed by atoms with E-state index in [1.165, 1.54) is 18.4 Å². The van der Waals surface area contributed by atoms with Gasteiger partial charge >= 0.3 is 0 Å². The summed E-state index contributed by atoms with van der Waals surface area (Å²) in [6, 6.07) is 8.13. The Kier molecular flexibility index (Phi) is 9.70. The zero-order chi connectivity index (χ0) is 16.8. The van der Waals surface area contributed by atoms with E-state index in [2.05, 4.69) is 22.5 Å². The number of nitrogens with one attached hydrogen (secondary N) is 2. The third kappa shape index (κ3) is 6.63. The van der Waals surface area contributed by atoms with Crippen LogP contribution in [0.2, 0.25) is 0 Å². The first kappa shape index (κ1) is 22.5. The number of carbonyl (C=O) groups is 1. The Bertz CT molecular complexity index is 668. The molecule has 1 unspecified atom stereocenters. The third-order valence-corrected chi connectivity index (χ3v) is 4.44. The highest BCUT2D eigenvalue weighted by molar-refractivity contribution is 5.85. The molecule has 5 nitrogen and oxygen atoms in total. The Morgan fingerprint density at radius 2 is 2.08 bits per heavy atom. The minimum Gasteiger partial charge on any atom is -0.441 e. The number of aryl methyl sites for hydroxylation is 2. The number of piperidine rings is 1. The molecule has 2 aromatic rings. The number of oxazole rings is 1. The van der Waals surface area contributed by atoms with E-state index >= 15 is 0 Å². The highest BCUT2D eigenvalue weighted by Crippen LogP contribution is 2.21. The second kappa shape index (κ2) is 11.2. The lowest BCUT2D eigenvalue weighted by molar-refractivity contribution is -0.121. The van der Waals surface area contributed by atoms with E-state index in [9.17, 15) is 4.79 Å². The van der Waals surface area contributed by atoms with Crippen LogP contribution in [-0.2, 0) is 11.2 Å². The molecule has 3 rings (SSSR count). The normalized spacial score (nSPS) is 16.3. The molecule has 1 aliphatic heterocycles. The van der Waals surface area contributed by atoms with Crippen LogP contribution in [0, 0.1) is 12.8 Å². The number of rotatable bonds is 6. The van der Waals surface area contributed by atoms with Gasteiger partial charge in [-0.25, -0.2) is 4.98 Å². The molecule has 1 aliphatic rings. The number of nitrogens with zero attached hydrogens (tertiary/aromatic N) is 1. The molecule has 2 heterocycles. The Labute approximate surface area is 167 Å². The smallest absolute Gasteiger partial charge is 0.220 e. The molecule has 1 atom stereocenters. The van der Waals surface area contributed by atoms with Crippen LogP contribution in [0.1, 0.15) is 30.7 Å². The monoisotopic (exact) mass is 399 g/mol. The van der Waals surface area contributed by atoms with Crippen LogP contribution in [0.25, 0.3) is 11.3 Å². The molecule has 0 radical (unpaired) electrons. The molecule has 1 aromatic carbocycles. The van der Waals surface area contributed by atoms with Crippen LogP contribution in [0.5, 0.6) is 0 Å². The van der Waals surface area contributed by atoms with E-state index in [1.54, 1.807) is 6.20 Å². The number of aromatic nitrogens is 1. The van der Waals surface area contributed by atoms with Crippen molar-refractivity contribution >= 4 is 30.7 Å². The molecule has 0 saturated carbocycles. The maximum absolute atomic E-state index is 12.0. The van der Waals surface area contributed by atoms with Crippen LogP contribution in [0.3, 0.4) is 0 Å². The fraction of sp³-hybridized carbons (Fsp3) is 0.474. The number of amides is 1. The fourth-order valence-electron chi connectivity index (χ4n) is 2.94. The number of carbonyl (C=O) groups excluding carboxylic acids is 1. The van der Waals surface area contributed by atoms with Crippen molar-refractivity contribution in [3.63, 3.8) is 0 Å². The Morgan fingerprint density at radius 3 is 2.77 bits per heavy atom. The van der Waals surface area contributed by atoms with Crippen LogP contribution in [0.15, 0.2) is 34.9 Å². The molecule has 26 heavy (non-hydrogen) atoms. The third-order valence-electron chi connectivity index (χ3n) is 4.44. The zero-order valence-corrected chi connectivity index (χ0v) is 16.6. The van der Waals surface area contributed by atoms with E-state index in [0.717, 1.165) is 31.0 Å². The van der Waals surface area contributed by atoms with E-state index in [0.29, 0.717) is 24.7 Å². The van der Waals surface area contributed by atoms with Crippen molar-refractivity contribution < 1.29 is 9.21 Å². The SMILES string of the molecule is Cc1ccc(-c2cnc(CCC(=O)NCC3CCCNC3)o2)cc1.Cl.Cl. The Morgan fingerprint density at radius 1 is 1.31 bits per heavy atom. The number of benzene rings is 1. The number of hydrogen-bond acceptors (Lipinski definition) is 4. The summed E-state index contributed by atoms with van der Waals surface area (Å²) in [7, 11) is 0. The topological polar surface area (TPSA) is 67.2 Å². The van der Waals surface area contributed by atoms with Crippen LogP contribution in [0.4, 0.5) is 0 Å². The number of halogens is 2. The second-order valence-corrected chi connectivity index (χ2v) is 6.50. The predicted octanol–water partition coefficient (Wildman–Crippen LogP) is 3.54. The lowest BCUT2D eigenvalue weighted by atomic mass is 10.00. The van der Waals surface area contributed by atoms with Crippen molar-refractivity contribution in [1.29, 1.82) is 0 Å². The van der Waals surface area contributed by atoms with Gasteiger partial charge in [0, 0.05) is 24.9 Å². The van der Waals surface area contributed by atoms with E-state index in [4.69, 9.17) is 4.42 Å². The molecule has 144 valence electrons. The molecule has 0 spiro atoms. The lowest BCUT2D eigenvalue weighted by Crippen LogP contribution is -2.38. The van der Waals surface area contributed by atoms with Gasteiger partial charge in [0.15, 0.2) is 11.7 Å². The second-order valence-electron chi connectivity index (χ2n) is 6.50. The highest BCUT2D eigenvalue weighted by Gasteiger charge is 2.14. The predicted molar refractivity (Wildman–Crippen MR) is 108 cm³/mol. The lowest BCUT2D eigenvalue weighted by Gasteiger charge is -2.22. The van der Waals surface area contributed by atoms with Crippen LogP contribution >= 0.6 is 24.8 Å². The summed E-state index contributed by atoms with van der Waals surface area (Å²) in [4.78, 5) is 16.3. The van der Waals surface area contributed by atoms with Crippen molar-refractivity contribution in [3.8, 4) is 11.3 Å². The molecule has 2 N–H and O–H groups in total. The summed E-state index contributed by atoms with van der Waals surface area (Å²) in [5.74, 6) is 1.98. The van der Waals surface area contributed by atoms with Gasteiger partial charge in [-0.1, -0.05) is 29.8 Å². The van der Waals surface area contributed by atoms with Crippen LogP contribution in [-0.4, -0.2) is 30.5 Å². The molecular weight excluding hydrogens is 373 g/mol. The molecule has 1 aromatic heterocycles. The minimum atomic E-state index is 0. The maximum atomic E-state index is 12.0. The molecule has 1 fully saturated rings. The number of hydrogen-bond donors (Lipinski definition) is 2. The van der Waals surface area contributed by atoms with Crippen molar-refractivity contribution in [2.75, 3.05) is 19.6 Å². The van der Waals surface area contributed by atoms with Crippen molar-refractivity contribution in [2.24, 2.45) is 5.92 Å². The standard InChI is InChI=1S/C19H25N3O2.2ClH/c1-14-4-6-16(7-5-14)17-13-22-19(24-17)9-8-18(23)21-12-15-3-2-10-20-11-15;;/h4-7,13,15,20H,2-3,8-12H2,1H3,(H,21,23);2*1H. The average Bonchev–Trinajstić information content (AvgIpc) is 3.09. The van der Waals surface area contributed by atoms with Crippen molar-refractivity contribution in [3.05, 3.63) is 41.9 Å². The van der Waals surface area contributed by atoms with E-state index in [1.807, 2.05) is 24.3 Å². The van der Waals surface area contributed by atoms with Crippen LogP contribution < -0.4 is 10.6 Å². The summed E-state index contributed by atoms with van der Waals surface area (Å²) in [6.07, 6.45) is 5.05. The van der Waals surface area contributed by atoms with Gasteiger partial charge in [-0.3, -0.25) is 4.79 Å². The molecule has 1 amide bonds. The summed E-state index contributed by atoms with van der Waals surface area (Å²) in [6.45, 7) is 4.90. The summed E-state index contributed by atoms with van der Waals surface area (Å²) >= 11 is 0. The van der Waals surface area contributed by atoms with Gasteiger partial charge in [0.2, 0.25) is 5.91 Å². The molecular formula is C19H27Cl2N3O2. The highest BCUT2D eigenvalue weighted by atomic mass is 35.5. The first-order valence-corrected chi connectivity index (χ1v) is 8.70. The first-order valence-electron chi connectivity index (χ1n) is 8.70. The summed E-state index contributed by atoms with van der Waals surface area (Å²) in [5.41, 5.74) is 2.22. The van der Waals surface area contributed by atoms with Crippen molar-refractivity contribution in [1.82, 2.24) is 15.6 Å². The maximum Gasteiger partial charge on any atom is 0.220 e. The van der Waals surface area contributed by atoms with Gasteiger partial charge in [0.25, 0.3) is 0 Å². The Hall–Kier alpha value is -1.56. The van der Waals surface area contributed by atoms with Gasteiger partial charge in [0.1, 0.15) is 0 Å². The quantitative estimate of drug-likeness (QED) is 0.779. The van der Waals surface area contributed by atoms with Gasteiger partial charge in [0.05, 0.1) is 6.20 Å². The Balaban J connectivity index is 0.00000169.